The van der Waals surface area contributed by atoms with Gasteiger partial charge in [-0.3, -0.25) is 4.79 Å². The molecule has 0 aromatic heterocycles. The van der Waals surface area contributed by atoms with Gasteiger partial charge < -0.3 is 20.1 Å². The molecule has 0 aliphatic carbocycles. The molecular formula is C16H13ClN2O3. The summed E-state index contributed by atoms with van der Waals surface area (Å²) in [5.41, 5.74) is 7.57. The molecule has 22 heavy (non-hydrogen) atoms. The van der Waals surface area contributed by atoms with E-state index in [9.17, 15) is 4.79 Å². The SMILES string of the molecule is N[C@@H]1C(=O)N(c2ccc3c(c2)OCO3)[C@H]1c1ccccc1Cl. The normalized spacial score (nSPS) is 22.6. The molecule has 2 aromatic carbocycles. The first kappa shape index (κ1) is 13.4. The van der Waals surface area contributed by atoms with E-state index in [0.29, 0.717) is 16.5 Å². The molecule has 2 aliphatic rings. The van der Waals surface area contributed by atoms with Gasteiger partial charge in [0.25, 0.3) is 0 Å². The Hall–Kier alpha value is -2.24. The number of ether oxygens (including phenoxy) is 2. The smallest absolute Gasteiger partial charge is 0.247 e. The average Bonchev–Trinajstić information content (AvgIpc) is 3.00. The molecule has 1 amide bonds. The largest absolute Gasteiger partial charge is 0.454 e. The summed E-state index contributed by atoms with van der Waals surface area (Å²) >= 11 is 6.25. The maximum Gasteiger partial charge on any atom is 0.247 e. The monoisotopic (exact) mass is 316 g/mol. The molecule has 5 nitrogen and oxygen atoms in total. The van der Waals surface area contributed by atoms with Gasteiger partial charge >= 0.3 is 0 Å². The number of halogens is 1. The van der Waals surface area contributed by atoms with Crippen LogP contribution in [0, 0.1) is 0 Å². The number of amides is 1. The van der Waals surface area contributed by atoms with E-state index in [-0.39, 0.29) is 18.7 Å². The number of nitrogens with zero attached hydrogens (tertiary/aromatic N) is 1. The summed E-state index contributed by atoms with van der Waals surface area (Å²) in [5.74, 6) is 1.17. The summed E-state index contributed by atoms with van der Waals surface area (Å²) in [7, 11) is 0. The number of rotatable bonds is 2. The highest BCUT2D eigenvalue weighted by molar-refractivity contribution is 6.31. The Bertz CT molecular complexity index is 765. The van der Waals surface area contributed by atoms with E-state index in [0.717, 1.165) is 11.3 Å². The molecular weight excluding hydrogens is 304 g/mol. The van der Waals surface area contributed by atoms with E-state index in [1.54, 1.807) is 23.1 Å². The van der Waals surface area contributed by atoms with E-state index in [1.165, 1.54) is 0 Å². The van der Waals surface area contributed by atoms with Crippen molar-refractivity contribution in [1.82, 2.24) is 0 Å². The number of fused-ring (bicyclic) bond motifs is 1. The van der Waals surface area contributed by atoms with Crippen molar-refractivity contribution in [1.29, 1.82) is 0 Å². The highest BCUT2D eigenvalue weighted by atomic mass is 35.5. The molecule has 6 heteroatoms. The lowest BCUT2D eigenvalue weighted by atomic mass is 9.88. The van der Waals surface area contributed by atoms with Crippen molar-refractivity contribution < 1.29 is 14.3 Å². The standard InChI is InChI=1S/C16H13ClN2O3/c17-11-4-2-1-3-10(11)15-14(18)16(20)19(15)9-5-6-12-13(7-9)22-8-21-12/h1-7,14-15H,8,18H2/t14-,15-/m0/s1. The van der Waals surface area contributed by atoms with Crippen LogP contribution in [0.4, 0.5) is 5.69 Å². The zero-order chi connectivity index (χ0) is 15.3. The molecule has 2 heterocycles. The average molecular weight is 317 g/mol. The third kappa shape index (κ3) is 1.86. The molecule has 2 aromatic rings. The van der Waals surface area contributed by atoms with Gasteiger partial charge in [0.2, 0.25) is 12.7 Å². The molecule has 1 fully saturated rings. The van der Waals surface area contributed by atoms with Gasteiger partial charge in [-0.1, -0.05) is 29.8 Å². The third-order valence-corrected chi connectivity index (χ3v) is 4.34. The molecule has 0 unspecified atom stereocenters. The number of carbonyl (C=O) groups excluding carboxylic acids is 1. The summed E-state index contributed by atoms with van der Waals surface area (Å²) in [6.45, 7) is 0.195. The molecule has 0 radical (unpaired) electrons. The second-order valence-corrected chi connectivity index (χ2v) is 5.65. The predicted molar refractivity (Wildman–Crippen MR) is 82.2 cm³/mol. The number of carbonyl (C=O) groups is 1. The lowest BCUT2D eigenvalue weighted by molar-refractivity contribution is -0.126. The maximum atomic E-state index is 12.2. The number of anilines is 1. The molecule has 2 atom stereocenters. The highest BCUT2D eigenvalue weighted by Crippen LogP contribution is 2.43. The van der Waals surface area contributed by atoms with Crippen LogP contribution >= 0.6 is 11.6 Å². The van der Waals surface area contributed by atoms with Crippen molar-refractivity contribution in [3.05, 3.63) is 53.1 Å². The lowest BCUT2D eigenvalue weighted by Gasteiger charge is -2.45. The third-order valence-electron chi connectivity index (χ3n) is 4.00. The molecule has 112 valence electrons. The number of β-lactam (4-membered cyclic amide) rings is 1. The van der Waals surface area contributed by atoms with Crippen LogP contribution < -0.4 is 20.1 Å². The van der Waals surface area contributed by atoms with Crippen LogP contribution in [0.2, 0.25) is 5.02 Å². The molecule has 0 bridgehead atoms. The number of benzene rings is 2. The summed E-state index contributed by atoms with van der Waals surface area (Å²) < 4.78 is 10.7. The Balaban J connectivity index is 1.74. The van der Waals surface area contributed by atoms with E-state index in [4.69, 9.17) is 26.8 Å². The van der Waals surface area contributed by atoms with Gasteiger partial charge in [-0.25, -0.2) is 0 Å². The fourth-order valence-electron chi connectivity index (χ4n) is 2.88. The number of hydrogen-bond donors (Lipinski definition) is 1. The molecule has 2 N–H and O–H groups in total. The summed E-state index contributed by atoms with van der Waals surface area (Å²) in [5, 5.41) is 0.598. The van der Waals surface area contributed by atoms with Crippen LogP contribution in [-0.4, -0.2) is 18.7 Å². The van der Waals surface area contributed by atoms with Crippen LogP contribution in [0.1, 0.15) is 11.6 Å². The van der Waals surface area contributed by atoms with E-state index >= 15 is 0 Å². The quantitative estimate of drug-likeness (QED) is 0.865. The van der Waals surface area contributed by atoms with Gasteiger partial charge in [-0.05, 0) is 23.8 Å². The molecule has 0 saturated carbocycles. The molecule has 0 spiro atoms. The number of hydrogen-bond acceptors (Lipinski definition) is 4. The Morgan fingerprint density at radius 2 is 1.91 bits per heavy atom. The second-order valence-electron chi connectivity index (χ2n) is 5.24. The first-order valence-corrected chi connectivity index (χ1v) is 7.27. The first-order valence-electron chi connectivity index (χ1n) is 6.89. The van der Waals surface area contributed by atoms with Gasteiger partial charge in [0, 0.05) is 16.8 Å². The van der Waals surface area contributed by atoms with Crippen LogP contribution in [0.3, 0.4) is 0 Å². The minimum Gasteiger partial charge on any atom is -0.454 e. The zero-order valence-corrected chi connectivity index (χ0v) is 12.3. The Morgan fingerprint density at radius 1 is 1.14 bits per heavy atom. The van der Waals surface area contributed by atoms with Gasteiger partial charge in [0.15, 0.2) is 11.5 Å². The van der Waals surface area contributed by atoms with Crippen molar-refractivity contribution in [2.45, 2.75) is 12.1 Å². The van der Waals surface area contributed by atoms with E-state index in [1.807, 2.05) is 24.3 Å². The lowest BCUT2D eigenvalue weighted by Crippen LogP contribution is -2.63. The highest BCUT2D eigenvalue weighted by Gasteiger charge is 2.47. The summed E-state index contributed by atoms with van der Waals surface area (Å²) in [4.78, 5) is 13.9. The molecule has 4 rings (SSSR count). The van der Waals surface area contributed by atoms with Crippen LogP contribution in [0.15, 0.2) is 42.5 Å². The van der Waals surface area contributed by atoms with Gasteiger partial charge in [-0.2, -0.15) is 0 Å². The summed E-state index contributed by atoms with van der Waals surface area (Å²) in [6.07, 6.45) is 0. The Morgan fingerprint density at radius 3 is 2.73 bits per heavy atom. The Labute approximate surface area is 132 Å². The van der Waals surface area contributed by atoms with E-state index in [2.05, 4.69) is 0 Å². The topological polar surface area (TPSA) is 64.8 Å². The van der Waals surface area contributed by atoms with Crippen molar-refractivity contribution in [3.8, 4) is 11.5 Å². The maximum absolute atomic E-state index is 12.2. The predicted octanol–water partition coefficient (Wildman–Crippen LogP) is 2.48. The first-order chi connectivity index (χ1) is 10.7. The van der Waals surface area contributed by atoms with Crippen molar-refractivity contribution in [2.24, 2.45) is 5.73 Å². The van der Waals surface area contributed by atoms with Gasteiger partial charge in [0.05, 0.1) is 6.04 Å². The minimum absolute atomic E-state index is 0.135. The molecule has 2 aliphatic heterocycles. The Kier molecular flexibility index (Phi) is 2.99. The van der Waals surface area contributed by atoms with Gasteiger partial charge in [0.1, 0.15) is 6.04 Å². The fraction of sp³-hybridized carbons (Fsp3) is 0.188. The fourth-order valence-corrected chi connectivity index (χ4v) is 3.13. The minimum atomic E-state index is -0.592. The van der Waals surface area contributed by atoms with Crippen LogP contribution in [-0.2, 0) is 4.79 Å². The van der Waals surface area contributed by atoms with Crippen molar-refractivity contribution in [3.63, 3.8) is 0 Å². The van der Waals surface area contributed by atoms with Crippen molar-refractivity contribution >= 4 is 23.2 Å². The molecule has 1 saturated heterocycles. The zero-order valence-electron chi connectivity index (χ0n) is 11.5. The second kappa shape index (κ2) is 4.90. The summed E-state index contributed by atoms with van der Waals surface area (Å²) in [6, 6.07) is 11.9. The van der Waals surface area contributed by atoms with Crippen LogP contribution in [0.25, 0.3) is 0 Å². The van der Waals surface area contributed by atoms with Gasteiger partial charge in [-0.15, -0.1) is 0 Å². The van der Waals surface area contributed by atoms with E-state index < -0.39 is 6.04 Å². The van der Waals surface area contributed by atoms with Crippen LogP contribution in [0.5, 0.6) is 11.5 Å². The van der Waals surface area contributed by atoms with Crippen molar-refractivity contribution in [2.75, 3.05) is 11.7 Å². The number of nitrogens with two attached hydrogens (primary N) is 1.